The molecular weight excluding hydrogens is 262 g/mol. The van der Waals surface area contributed by atoms with E-state index in [0.717, 1.165) is 16.0 Å². The van der Waals surface area contributed by atoms with Crippen molar-refractivity contribution in [3.8, 4) is 0 Å². The first-order chi connectivity index (χ1) is 9.11. The average Bonchev–Trinajstić information content (AvgIpc) is 2.86. The van der Waals surface area contributed by atoms with Crippen LogP contribution in [-0.4, -0.2) is 48.5 Å². The van der Waals surface area contributed by atoms with Gasteiger partial charge in [-0.25, -0.2) is 4.98 Å². The van der Waals surface area contributed by atoms with Gasteiger partial charge >= 0.3 is 0 Å². The number of nitrogens with one attached hydrogen (secondary N) is 2. The molecule has 0 saturated heterocycles. The number of hydrogen-bond acceptors (Lipinski definition) is 6. The Labute approximate surface area is 115 Å². The number of fused-ring (bicyclic) bond motifs is 1. The third kappa shape index (κ3) is 3.11. The van der Waals surface area contributed by atoms with Gasteiger partial charge in [0, 0.05) is 34.1 Å². The van der Waals surface area contributed by atoms with Crippen LogP contribution in [0.2, 0.25) is 0 Å². The Kier molecular flexibility index (Phi) is 4.16. The molecule has 0 atom stereocenters. The van der Waals surface area contributed by atoms with Crippen LogP contribution in [0.15, 0.2) is 11.4 Å². The Hall–Kier alpha value is -1.89. The van der Waals surface area contributed by atoms with E-state index in [1.807, 2.05) is 11.4 Å². The minimum atomic E-state index is 0.0944. The summed E-state index contributed by atoms with van der Waals surface area (Å²) in [5, 5.41) is 9.11. The van der Waals surface area contributed by atoms with Crippen molar-refractivity contribution in [2.75, 3.05) is 38.3 Å². The van der Waals surface area contributed by atoms with Crippen molar-refractivity contribution in [1.82, 2.24) is 14.9 Å². The molecule has 0 saturated carbocycles. The second-order valence-corrected chi connectivity index (χ2v) is 5.14. The first-order valence-electron chi connectivity index (χ1n) is 5.99. The fraction of sp³-hybridized carbons (Fsp3) is 0.417. The van der Waals surface area contributed by atoms with Crippen LogP contribution in [0.3, 0.4) is 0 Å². The summed E-state index contributed by atoms with van der Waals surface area (Å²) in [6.45, 7) is 0.558. The number of rotatable bonds is 5. The number of anilines is 2. The molecule has 2 aromatic heterocycles. The molecular formula is C12H17N5OS. The minimum absolute atomic E-state index is 0.0944. The van der Waals surface area contributed by atoms with E-state index < -0.39 is 0 Å². The third-order valence-electron chi connectivity index (χ3n) is 2.68. The Balaban J connectivity index is 2.11. The SMILES string of the molecule is CNc1nc(NCCC(=O)N(C)C)c2ccsc2n1. The highest BCUT2D eigenvalue weighted by molar-refractivity contribution is 7.16. The number of thiophene rings is 1. The molecule has 0 radical (unpaired) electrons. The van der Waals surface area contributed by atoms with Gasteiger partial charge in [-0.15, -0.1) is 11.3 Å². The lowest BCUT2D eigenvalue weighted by Gasteiger charge is -2.11. The van der Waals surface area contributed by atoms with Gasteiger partial charge in [-0.3, -0.25) is 4.79 Å². The summed E-state index contributed by atoms with van der Waals surface area (Å²) in [6, 6.07) is 1.98. The predicted octanol–water partition coefficient (Wildman–Crippen LogP) is 1.62. The second-order valence-electron chi connectivity index (χ2n) is 4.25. The van der Waals surface area contributed by atoms with E-state index in [1.54, 1.807) is 37.4 Å². The normalized spacial score (nSPS) is 10.5. The third-order valence-corrected chi connectivity index (χ3v) is 3.49. The maximum Gasteiger partial charge on any atom is 0.225 e. The zero-order valence-corrected chi connectivity index (χ0v) is 12.0. The zero-order valence-electron chi connectivity index (χ0n) is 11.2. The van der Waals surface area contributed by atoms with Gasteiger partial charge in [-0.2, -0.15) is 4.98 Å². The fourth-order valence-electron chi connectivity index (χ4n) is 1.61. The molecule has 2 heterocycles. The van der Waals surface area contributed by atoms with Gasteiger partial charge in [0.05, 0.1) is 5.39 Å². The van der Waals surface area contributed by atoms with E-state index in [1.165, 1.54) is 0 Å². The highest BCUT2D eigenvalue weighted by atomic mass is 32.1. The molecule has 0 aliphatic carbocycles. The molecule has 0 spiro atoms. The quantitative estimate of drug-likeness (QED) is 0.870. The molecule has 0 unspecified atom stereocenters. The second kappa shape index (κ2) is 5.83. The lowest BCUT2D eigenvalue weighted by molar-refractivity contribution is -0.128. The Bertz CT molecular complexity index is 581. The van der Waals surface area contributed by atoms with E-state index in [9.17, 15) is 4.79 Å². The first kappa shape index (κ1) is 13.5. The van der Waals surface area contributed by atoms with Crippen molar-refractivity contribution in [3.05, 3.63) is 11.4 Å². The highest BCUT2D eigenvalue weighted by Crippen LogP contribution is 2.26. The van der Waals surface area contributed by atoms with Crippen LogP contribution in [0.4, 0.5) is 11.8 Å². The monoisotopic (exact) mass is 279 g/mol. The van der Waals surface area contributed by atoms with E-state index in [2.05, 4.69) is 20.6 Å². The van der Waals surface area contributed by atoms with Gasteiger partial charge in [-0.05, 0) is 11.4 Å². The fourth-order valence-corrected chi connectivity index (χ4v) is 2.38. The molecule has 0 fully saturated rings. The van der Waals surface area contributed by atoms with E-state index in [-0.39, 0.29) is 5.91 Å². The summed E-state index contributed by atoms with van der Waals surface area (Å²) in [6.07, 6.45) is 0.442. The standard InChI is InChI=1S/C12H17N5OS/c1-13-12-15-10(8-5-7-19-11(8)16-12)14-6-4-9(18)17(2)3/h5,7H,4,6H2,1-3H3,(H2,13,14,15,16). The molecule has 0 aliphatic rings. The maximum atomic E-state index is 11.5. The largest absolute Gasteiger partial charge is 0.369 e. The average molecular weight is 279 g/mol. The number of nitrogens with zero attached hydrogens (tertiary/aromatic N) is 3. The summed E-state index contributed by atoms with van der Waals surface area (Å²) in [7, 11) is 5.29. The van der Waals surface area contributed by atoms with Gasteiger partial charge in [0.15, 0.2) is 0 Å². The summed E-state index contributed by atoms with van der Waals surface area (Å²) in [4.78, 5) is 22.8. The molecule has 19 heavy (non-hydrogen) atoms. The molecule has 0 bridgehead atoms. The van der Waals surface area contributed by atoms with Crippen LogP contribution >= 0.6 is 11.3 Å². The lowest BCUT2D eigenvalue weighted by Crippen LogP contribution is -2.24. The van der Waals surface area contributed by atoms with Crippen molar-refractivity contribution in [3.63, 3.8) is 0 Å². The number of carbonyl (C=O) groups excluding carboxylic acids is 1. The molecule has 2 N–H and O–H groups in total. The first-order valence-corrected chi connectivity index (χ1v) is 6.87. The minimum Gasteiger partial charge on any atom is -0.369 e. The van der Waals surface area contributed by atoms with Gasteiger partial charge in [-0.1, -0.05) is 0 Å². The smallest absolute Gasteiger partial charge is 0.225 e. The summed E-state index contributed by atoms with van der Waals surface area (Å²) < 4.78 is 0. The number of aromatic nitrogens is 2. The van der Waals surface area contributed by atoms with Gasteiger partial charge in [0.25, 0.3) is 0 Å². The molecule has 7 heteroatoms. The topological polar surface area (TPSA) is 70.2 Å². The van der Waals surface area contributed by atoms with Gasteiger partial charge in [0.1, 0.15) is 10.6 Å². The highest BCUT2D eigenvalue weighted by Gasteiger charge is 2.09. The van der Waals surface area contributed by atoms with Crippen molar-refractivity contribution in [2.45, 2.75) is 6.42 Å². The van der Waals surface area contributed by atoms with Crippen LogP contribution in [-0.2, 0) is 4.79 Å². The molecule has 102 valence electrons. The van der Waals surface area contributed by atoms with Crippen molar-refractivity contribution >= 4 is 39.2 Å². The van der Waals surface area contributed by atoms with E-state index >= 15 is 0 Å². The van der Waals surface area contributed by atoms with E-state index in [0.29, 0.717) is 18.9 Å². The van der Waals surface area contributed by atoms with Crippen molar-refractivity contribution in [2.24, 2.45) is 0 Å². The zero-order chi connectivity index (χ0) is 13.8. The molecule has 6 nitrogen and oxygen atoms in total. The Morgan fingerprint density at radius 3 is 2.89 bits per heavy atom. The van der Waals surface area contributed by atoms with E-state index in [4.69, 9.17) is 0 Å². The van der Waals surface area contributed by atoms with Crippen LogP contribution in [0.1, 0.15) is 6.42 Å². The number of amides is 1. The molecule has 0 aromatic carbocycles. The van der Waals surface area contributed by atoms with Crippen LogP contribution in [0, 0.1) is 0 Å². The summed E-state index contributed by atoms with van der Waals surface area (Å²) >= 11 is 1.57. The maximum absolute atomic E-state index is 11.5. The molecule has 0 aliphatic heterocycles. The van der Waals surface area contributed by atoms with Gasteiger partial charge in [0.2, 0.25) is 11.9 Å². The summed E-state index contributed by atoms with van der Waals surface area (Å²) in [5.74, 6) is 1.44. The number of hydrogen-bond donors (Lipinski definition) is 2. The van der Waals surface area contributed by atoms with Crippen molar-refractivity contribution in [1.29, 1.82) is 0 Å². The Morgan fingerprint density at radius 2 is 2.21 bits per heavy atom. The van der Waals surface area contributed by atoms with Crippen molar-refractivity contribution < 1.29 is 4.79 Å². The molecule has 2 rings (SSSR count). The van der Waals surface area contributed by atoms with Crippen LogP contribution in [0.25, 0.3) is 10.2 Å². The van der Waals surface area contributed by atoms with Gasteiger partial charge < -0.3 is 15.5 Å². The molecule has 2 aromatic rings. The summed E-state index contributed by atoms with van der Waals surface area (Å²) in [5.41, 5.74) is 0. The predicted molar refractivity (Wildman–Crippen MR) is 78.8 cm³/mol. The number of carbonyl (C=O) groups is 1. The lowest BCUT2D eigenvalue weighted by atomic mass is 10.3. The van der Waals surface area contributed by atoms with Crippen LogP contribution in [0.5, 0.6) is 0 Å². The molecule has 1 amide bonds. The Morgan fingerprint density at radius 1 is 1.42 bits per heavy atom. The van der Waals surface area contributed by atoms with Crippen LogP contribution < -0.4 is 10.6 Å².